The van der Waals surface area contributed by atoms with Crippen LogP contribution < -0.4 is 9.64 Å². The van der Waals surface area contributed by atoms with Crippen molar-refractivity contribution in [1.82, 2.24) is 4.90 Å². The zero-order chi connectivity index (χ0) is 12.1. The Bertz CT molecular complexity index is 403. The zero-order valence-corrected chi connectivity index (χ0v) is 10.2. The Balaban J connectivity index is 1.98. The molecule has 1 aromatic carbocycles. The number of benzene rings is 1. The van der Waals surface area contributed by atoms with Crippen molar-refractivity contribution in [2.75, 3.05) is 44.7 Å². The van der Waals surface area contributed by atoms with Gasteiger partial charge < -0.3 is 9.64 Å². The van der Waals surface area contributed by atoms with Gasteiger partial charge in [0.05, 0.1) is 13.7 Å². The molecular weight excluding hydrogens is 212 g/mol. The van der Waals surface area contributed by atoms with Crippen LogP contribution in [0.2, 0.25) is 0 Å². The number of nitrogens with zero attached hydrogens (tertiary/aromatic N) is 2. The fourth-order valence-corrected chi connectivity index (χ4v) is 2.10. The molecule has 90 valence electrons. The molecule has 0 atom stereocenters. The van der Waals surface area contributed by atoms with Gasteiger partial charge in [-0.15, -0.1) is 6.42 Å². The average Bonchev–Trinajstić information content (AvgIpc) is 2.40. The highest BCUT2D eigenvalue weighted by Gasteiger charge is 2.16. The summed E-state index contributed by atoms with van der Waals surface area (Å²) in [5.74, 6) is 3.61. The molecule has 0 N–H and O–H groups in total. The van der Waals surface area contributed by atoms with Crippen LogP contribution in [0, 0.1) is 12.3 Å². The highest BCUT2D eigenvalue weighted by atomic mass is 16.5. The third-order valence-electron chi connectivity index (χ3n) is 3.11. The number of anilines is 1. The minimum atomic E-state index is 0.756. The quantitative estimate of drug-likeness (QED) is 0.731. The maximum atomic E-state index is 5.32. The Labute approximate surface area is 103 Å². The molecule has 0 spiro atoms. The zero-order valence-electron chi connectivity index (χ0n) is 10.2. The highest BCUT2D eigenvalue weighted by Crippen LogP contribution is 2.21. The van der Waals surface area contributed by atoms with E-state index in [1.54, 1.807) is 7.11 Å². The Morgan fingerprint density at radius 1 is 1.29 bits per heavy atom. The fourth-order valence-electron chi connectivity index (χ4n) is 2.10. The molecular formula is C14H18N2O. The first kappa shape index (κ1) is 11.8. The van der Waals surface area contributed by atoms with Crippen LogP contribution >= 0.6 is 0 Å². The van der Waals surface area contributed by atoms with E-state index in [2.05, 4.69) is 27.9 Å². The first-order valence-corrected chi connectivity index (χ1v) is 5.88. The van der Waals surface area contributed by atoms with Crippen LogP contribution in [0.25, 0.3) is 0 Å². The van der Waals surface area contributed by atoms with Crippen molar-refractivity contribution in [3.63, 3.8) is 0 Å². The monoisotopic (exact) mass is 230 g/mol. The van der Waals surface area contributed by atoms with Crippen molar-refractivity contribution >= 4 is 5.69 Å². The van der Waals surface area contributed by atoms with Gasteiger partial charge in [-0.1, -0.05) is 12.0 Å². The van der Waals surface area contributed by atoms with Gasteiger partial charge in [0.2, 0.25) is 0 Å². The molecule has 1 aliphatic rings. The summed E-state index contributed by atoms with van der Waals surface area (Å²) in [4.78, 5) is 4.67. The molecule has 0 aliphatic carbocycles. The molecule has 0 saturated carbocycles. The minimum absolute atomic E-state index is 0.756. The van der Waals surface area contributed by atoms with Crippen molar-refractivity contribution in [3.05, 3.63) is 24.3 Å². The van der Waals surface area contributed by atoms with Crippen molar-refractivity contribution in [2.24, 2.45) is 0 Å². The molecule has 0 radical (unpaired) electrons. The van der Waals surface area contributed by atoms with Crippen LogP contribution in [0.4, 0.5) is 5.69 Å². The highest BCUT2D eigenvalue weighted by molar-refractivity contribution is 5.51. The summed E-state index contributed by atoms with van der Waals surface area (Å²) in [5, 5.41) is 0. The lowest BCUT2D eigenvalue weighted by atomic mass is 10.2. The lowest BCUT2D eigenvalue weighted by molar-refractivity contribution is 0.288. The topological polar surface area (TPSA) is 15.7 Å². The molecule has 0 aromatic heterocycles. The van der Waals surface area contributed by atoms with Gasteiger partial charge in [0.25, 0.3) is 0 Å². The van der Waals surface area contributed by atoms with E-state index in [4.69, 9.17) is 11.2 Å². The summed E-state index contributed by atoms with van der Waals surface area (Å²) in [6.45, 7) is 4.86. The number of ether oxygens (including phenoxy) is 1. The summed E-state index contributed by atoms with van der Waals surface area (Å²) < 4.78 is 5.24. The van der Waals surface area contributed by atoms with E-state index < -0.39 is 0 Å². The van der Waals surface area contributed by atoms with Crippen LogP contribution in [0.1, 0.15) is 0 Å². The molecule has 17 heavy (non-hydrogen) atoms. The lowest BCUT2D eigenvalue weighted by Gasteiger charge is -2.35. The number of hydrogen-bond acceptors (Lipinski definition) is 3. The van der Waals surface area contributed by atoms with E-state index in [1.807, 2.05) is 12.1 Å². The molecule has 1 heterocycles. The van der Waals surface area contributed by atoms with Gasteiger partial charge >= 0.3 is 0 Å². The van der Waals surface area contributed by atoms with Crippen molar-refractivity contribution in [2.45, 2.75) is 0 Å². The van der Waals surface area contributed by atoms with Gasteiger partial charge in [0.1, 0.15) is 5.75 Å². The predicted molar refractivity (Wildman–Crippen MR) is 70.5 cm³/mol. The molecule has 0 unspecified atom stereocenters. The van der Waals surface area contributed by atoms with Gasteiger partial charge in [-0.2, -0.15) is 0 Å². The van der Waals surface area contributed by atoms with Crippen molar-refractivity contribution in [1.29, 1.82) is 0 Å². The van der Waals surface area contributed by atoms with E-state index in [0.29, 0.717) is 0 Å². The van der Waals surface area contributed by atoms with Crippen molar-refractivity contribution in [3.8, 4) is 18.1 Å². The number of piperazine rings is 1. The molecule has 1 aromatic rings. The maximum absolute atomic E-state index is 5.32. The molecule has 3 heteroatoms. The molecule has 0 amide bonds. The molecule has 1 saturated heterocycles. The Kier molecular flexibility index (Phi) is 3.89. The fraction of sp³-hybridized carbons (Fsp3) is 0.429. The summed E-state index contributed by atoms with van der Waals surface area (Å²) >= 11 is 0. The Morgan fingerprint density at radius 2 is 2.06 bits per heavy atom. The minimum Gasteiger partial charge on any atom is -0.497 e. The largest absolute Gasteiger partial charge is 0.497 e. The third kappa shape index (κ3) is 2.92. The molecule has 3 nitrogen and oxygen atoms in total. The number of rotatable bonds is 3. The van der Waals surface area contributed by atoms with Crippen LogP contribution in [-0.2, 0) is 0 Å². The van der Waals surface area contributed by atoms with E-state index in [0.717, 1.165) is 38.5 Å². The molecule has 2 rings (SSSR count). The van der Waals surface area contributed by atoms with Crippen LogP contribution in [-0.4, -0.2) is 44.7 Å². The molecule has 1 aliphatic heterocycles. The number of hydrogen-bond donors (Lipinski definition) is 0. The summed E-state index contributed by atoms with van der Waals surface area (Å²) in [6.07, 6.45) is 5.32. The second-order valence-corrected chi connectivity index (χ2v) is 4.17. The van der Waals surface area contributed by atoms with Gasteiger partial charge in [0, 0.05) is 37.9 Å². The Hall–Kier alpha value is -1.66. The standard InChI is InChI=1S/C14H18N2O/c1-3-7-15-8-10-16(11-9-15)13-5-4-6-14(12-13)17-2/h1,4-6,12H,7-11H2,2H3. The first-order chi connectivity index (χ1) is 8.33. The summed E-state index contributed by atoms with van der Waals surface area (Å²) in [5.41, 5.74) is 1.23. The second kappa shape index (κ2) is 5.60. The van der Waals surface area contributed by atoms with E-state index in [1.165, 1.54) is 5.69 Å². The average molecular weight is 230 g/mol. The summed E-state index contributed by atoms with van der Waals surface area (Å²) in [7, 11) is 1.70. The Morgan fingerprint density at radius 3 is 2.71 bits per heavy atom. The first-order valence-electron chi connectivity index (χ1n) is 5.88. The summed E-state index contributed by atoms with van der Waals surface area (Å²) in [6, 6.07) is 8.20. The number of methoxy groups -OCH3 is 1. The SMILES string of the molecule is C#CCN1CCN(c2cccc(OC)c2)CC1. The van der Waals surface area contributed by atoms with Gasteiger partial charge in [-0.25, -0.2) is 0 Å². The molecule has 0 bridgehead atoms. The maximum Gasteiger partial charge on any atom is 0.120 e. The third-order valence-corrected chi connectivity index (χ3v) is 3.11. The predicted octanol–water partition coefficient (Wildman–Crippen LogP) is 1.45. The van der Waals surface area contributed by atoms with Gasteiger partial charge in [-0.05, 0) is 12.1 Å². The van der Waals surface area contributed by atoms with E-state index >= 15 is 0 Å². The van der Waals surface area contributed by atoms with E-state index in [9.17, 15) is 0 Å². The van der Waals surface area contributed by atoms with E-state index in [-0.39, 0.29) is 0 Å². The smallest absolute Gasteiger partial charge is 0.120 e. The van der Waals surface area contributed by atoms with Crippen LogP contribution in [0.5, 0.6) is 5.75 Å². The molecule has 1 fully saturated rings. The normalized spacial score (nSPS) is 16.6. The van der Waals surface area contributed by atoms with Crippen molar-refractivity contribution < 1.29 is 4.74 Å². The number of terminal acetylenes is 1. The van der Waals surface area contributed by atoms with Gasteiger partial charge in [-0.3, -0.25) is 4.90 Å². The van der Waals surface area contributed by atoms with Gasteiger partial charge in [0.15, 0.2) is 0 Å². The second-order valence-electron chi connectivity index (χ2n) is 4.17. The van der Waals surface area contributed by atoms with Crippen LogP contribution in [0.15, 0.2) is 24.3 Å². The lowest BCUT2D eigenvalue weighted by Crippen LogP contribution is -2.46. The van der Waals surface area contributed by atoms with Crippen LogP contribution in [0.3, 0.4) is 0 Å².